The summed E-state index contributed by atoms with van der Waals surface area (Å²) in [6.45, 7) is 9.09. The van der Waals surface area contributed by atoms with E-state index < -0.39 is 6.04 Å². The number of amides is 2. The lowest BCUT2D eigenvalue weighted by Gasteiger charge is -2.33. The van der Waals surface area contributed by atoms with Crippen LogP contribution < -0.4 is 5.32 Å². The molecule has 0 fully saturated rings. The lowest BCUT2D eigenvalue weighted by atomic mass is 10.0. The molecule has 0 aliphatic rings. The van der Waals surface area contributed by atoms with Crippen LogP contribution in [-0.4, -0.2) is 29.3 Å². The third kappa shape index (κ3) is 7.37. The number of benzene rings is 2. The highest BCUT2D eigenvalue weighted by Crippen LogP contribution is 2.17. The van der Waals surface area contributed by atoms with Crippen LogP contribution in [0, 0.1) is 11.8 Å². The van der Waals surface area contributed by atoms with E-state index in [4.69, 9.17) is 0 Å². The first-order valence-corrected chi connectivity index (χ1v) is 10.5. The van der Waals surface area contributed by atoms with Crippen molar-refractivity contribution < 1.29 is 9.59 Å². The number of hydrogen-bond acceptors (Lipinski definition) is 2. The van der Waals surface area contributed by atoms with Gasteiger partial charge in [-0.3, -0.25) is 9.59 Å². The van der Waals surface area contributed by atoms with Gasteiger partial charge in [0.1, 0.15) is 6.04 Å². The average Bonchev–Trinajstić information content (AvgIpc) is 2.71. The van der Waals surface area contributed by atoms with Gasteiger partial charge in [0.05, 0.1) is 0 Å². The highest BCUT2D eigenvalue weighted by Gasteiger charge is 2.31. The van der Waals surface area contributed by atoms with Crippen molar-refractivity contribution in [3.63, 3.8) is 0 Å². The van der Waals surface area contributed by atoms with Crippen LogP contribution in [0.3, 0.4) is 0 Å². The highest BCUT2D eigenvalue weighted by molar-refractivity contribution is 5.88. The summed E-state index contributed by atoms with van der Waals surface area (Å²) in [5, 5.41) is 3.06. The van der Waals surface area contributed by atoms with Crippen LogP contribution in [0.25, 0.3) is 0 Å². The maximum atomic E-state index is 13.2. The highest BCUT2D eigenvalue weighted by atomic mass is 16.2. The van der Waals surface area contributed by atoms with E-state index in [9.17, 15) is 9.59 Å². The monoisotopic (exact) mass is 394 g/mol. The Morgan fingerprint density at radius 1 is 0.862 bits per heavy atom. The zero-order valence-corrected chi connectivity index (χ0v) is 18.1. The number of nitrogens with zero attached hydrogens (tertiary/aromatic N) is 1. The standard InChI is InChI=1S/C25H34N2O2/c1-19(2)15-16-26-24(28)23(17-21-11-7-5-8-12-21)27(25(29)20(3)4)18-22-13-9-6-10-14-22/h5-14,19-20,23H,15-18H2,1-4H3,(H,26,28). The zero-order chi connectivity index (χ0) is 21.2. The van der Waals surface area contributed by atoms with Gasteiger partial charge in [-0.2, -0.15) is 0 Å². The molecule has 1 atom stereocenters. The van der Waals surface area contributed by atoms with E-state index >= 15 is 0 Å². The smallest absolute Gasteiger partial charge is 0.243 e. The third-order valence-electron chi connectivity index (χ3n) is 4.94. The maximum absolute atomic E-state index is 13.2. The first-order valence-electron chi connectivity index (χ1n) is 10.5. The lowest BCUT2D eigenvalue weighted by Crippen LogP contribution is -2.51. The normalized spacial score (nSPS) is 12.1. The van der Waals surface area contributed by atoms with Crippen molar-refractivity contribution in [2.45, 2.75) is 53.1 Å². The van der Waals surface area contributed by atoms with E-state index in [-0.39, 0.29) is 17.7 Å². The fraction of sp³-hybridized carbons (Fsp3) is 0.440. The van der Waals surface area contributed by atoms with Crippen molar-refractivity contribution >= 4 is 11.8 Å². The summed E-state index contributed by atoms with van der Waals surface area (Å²) < 4.78 is 0. The molecule has 0 radical (unpaired) electrons. The van der Waals surface area contributed by atoms with Crippen molar-refractivity contribution in [2.24, 2.45) is 11.8 Å². The Morgan fingerprint density at radius 3 is 1.93 bits per heavy atom. The molecule has 29 heavy (non-hydrogen) atoms. The van der Waals surface area contributed by atoms with Gasteiger partial charge in [-0.05, 0) is 23.5 Å². The first-order chi connectivity index (χ1) is 13.9. The number of nitrogens with one attached hydrogen (secondary N) is 1. The minimum absolute atomic E-state index is 0.00575. The van der Waals surface area contributed by atoms with Crippen LogP contribution in [-0.2, 0) is 22.6 Å². The van der Waals surface area contributed by atoms with Crippen LogP contribution in [0.15, 0.2) is 60.7 Å². The Balaban J connectivity index is 2.30. The van der Waals surface area contributed by atoms with Crippen LogP contribution in [0.1, 0.15) is 45.2 Å². The second kappa shape index (κ2) is 11.4. The molecule has 2 amide bonds. The van der Waals surface area contributed by atoms with Crippen LogP contribution >= 0.6 is 0 Å². The molecular formula is C25H34N2O2. The van der Waals surface area contributed by atoms with Gasteiger partial charge in [0.2, 0.25) is 11.8 Å². The van der Waals surface area contributed by atoms with Crippen LogP contribution in [0.4, 0.5) is 0 Å². The number of rotatable bonds is 10. The Kier molecular flexibility index (Phi) is 8.91. The van der Waals surface area contributed by atoms with Crippen LogP contribution in [0.2, 0.25) is 0 Å². The van der Waals surface area contributed by atoms with E-state index in [1.54, 1.807) is 4.90 Å². The van der Waals surface area contributed by atoms with Gasteiger partial charge in [0, 0.05) is 25.4 Å². The molecule has 4 heteroatoms. The molecule has 0 aliphatic heterocycles. The summed E-state index contributed by atoms with van der Waals surface area (Å²) in [5.74, 6) is 0.245. The van der Waals surface area contributed by atoms with Gasteiger partial charge < -0.3 is 10.2 Å². The Bertz CT molecular complexity index is 757. The largest absolute Gasteiger partial charge is 0.354 e. The molecule has 4 nitrogen and oxygen atoms in total. The fourth-order valence-electron chi connectivity index (χ4n) is 3.24. The maximum Gasteiger partial charge on any atom is 0.243 e. The number of hydrogen-bond donors (Lipinski definition) is 1. The molecule has 0 heterocycles. The minimum atomic E-state index is -0.542. The van der Waals surface area contributed by atoms with Gasteiger partial charge in [0.25, 0.3) is 0 Å². The van der Waals surface area contributed by atoms with Crippen LogP contribution in [0.5, 0.6) is 0 Å². The van der Waals surface area contributed by atoms with Crippen molar-refractivity contribution in [1.82, 2.24) is 10.2 Å². The Morgan fingerprint density at radius 2 is 1.41 bits per heavy atom. The Hall–Kier alpha value is -2.62. The van der Waals surface area contributed by atoms with Gasteiger partial charge in [-0.1, -0.05) is 88.4 Å². The zero-order valence-electron chi connectivity index (χ0n) is 18.1. The summed E-state index contributed by atoms with van der Waals surface area (Å²) in [4.78, 5) is 28.0. The van der Waals surface area contributed by atoms with E-state index in [0.717, 1.165) is 17.5 Å². The molecule has 2 rings (SSSR count). The predicted octanol–water partition coefficient (Wildman–Crippen LogP) is 4.44. The second-order valence-electron chi connectivity index (χ2n) is 8.29. The molecule has 2 aromatic rings. The van der Waals surface area contributed by atoms with Crippen molar-refractivity contribution in [3.05, 3.63) is 71.8 Å². The lowest BCUT2D eigenvalue weighted by molar-refractivity contribution is -0.143. The molecule has 0 aromatic heterocycles. The summed E-state index contributed by atoms with van der Waals surface area (Å²) in [6, 6.07) is 19.2. The summed E-state index contributed by atoms with van der Waals surface area (Å²) in [5.41, 5.74) is 2.07. The topological polar surface area (TPSA) is 49.4 Å². The minimum Gasteiger partial charge on any atom is -0.354 e. The molecule has 0 aliphatic carbocycles. The number of carbonyl (C=O) groups excluding carboxylic acids is 2. The fourth-order valence-corrected chi connectivity index (χ4v) is 3.24. The molecule has 1 N–H and O–H groups in total. The second-order valence-corrected chi connectivity index (χ2v) is 8.29. The molecular weight excluding hydrogens is 360 g/mol. The van der Waals surface area contributed by atoms with E-state index in [0.29, 0.717) is 25.4 Å². The van der Waals surface area contributed by atoms with Gasteiger partial charge in [-0.15, -0.1) is 0 Å². The van der Waals surface area contributed by atoms with Crippen molar-refractivity contribution in [1.29, 1.82) is 0 Å². The van der Waals surface area contributed by atoms with E-state index in [1.807, 2.05) is 74.5 Å². The molecule has 2 aromatic carbocycles. The molecule has 156 valence electrons. The van der Waals surface area contributed by atoms with Crippen molar-refractivity contribution in [3.8, 4) is 0 Å². The SMILES string of the molecule is CC(C)CCNC(=O)C(Cc1ccccc1)N(Cc1ccccc1)C(=O)C(C)C. The Labute approximate surface area is 175 Å². The quantitative estimate of drug-likeness (QED) is 0.647. The summed E-state index contributed by atoms with van der Waals surface area (Å²) in [6.07, 6.45) is 1.42. The molecule has 0 spiro atoms. The third-order valence-corrected chi connectivity index (χ3v) is 4.94. The average molecular weight is 395 g/mol. The van der Waals surface area contributed by atoms with Gasteiger partial charge >= 0.3 is 0 Å². The number of carbonyl (C=O) groups is 2. The van der Waals surface area contributed by atoms with E-state index in [1.165, 1.54) is 0 Å². The van der Waals surface area contributed by atoms with Gasteiger partial charge in [-0.25, -0.2) is 0 Å². The van der Waals surface area contributed by atoms with E-state index in [2.05, 4.69) is 19.2 Å². The first kappa shape index (κ1) is 22.7. The molecule has 0 saturated heterocycles. The predicted molar refractivity (Wildman–Crippen MR) is 118 cm³/mol. The van der Waals surface area contributed by atoms with Gasteiger partial charge in [0.15, 0.2) is 0 Å². The summed E-state index contributed by atoms with van der Waals surface area (Å²) in [7, 11) is 0. The van der Waals surface area contributed by atoms with Crippen molar-refractivity contribution in [2.75, 3.05) is 6.54 Å². The molecule has 1 unspecified atom stereocenters. The summed E-state index contributed by atoms with van der Waals surface area (Å²) >= 11 is 0. The molecule has 0 saturated carbocycles. The molecule has 0 bridgehead atoms.